The fourth-order valence-corrected chi connectivity index (χ4v) is 0.248. The molecule has 0 bridgehead atoms. The average molecular weight is 142 g/mol. The number of oxime groups is 1. The first-order chi connectivity index (χ1) is 4.02. The predicted octanol–water partition coefficient (Wildman–Crippen LogP) is 0.556. The van der Waals surface area contributed by atoms with Crippen LogP contribution in [0.15, 0.2) is 5.16 Å². The first kappa shape index (κ1) is 8.06. The van der Waals surface area contributed by atoms with E-state index in [1.54, 1.807) is 5.32 Å². The van der Waals surface area contributed by atoms with Gasteiger partial charge in [-0.2, -0.15) is 13.2 Å². The van der Waals surface area contributed by atoms with E-state index in [0.717, 1.165) is 7.05 Å². The van der Waals surface area contributed by atoms with E-state index in [0.29, 0.717) is 0 Å². The SMILES string of the molecule is CN/C(=N\O)C(F)(F)F. The third-order valence-electron chi connectivity index (χ3n) is 0.605. The summed E-state index contributed by atoms with van der Waals surface area (Å²) in [5, 5.41) is 11.3. The Morgan fingerprint density at radius 3 is 2.00 bits per heavy atom. The first-order valence-corrected chi connectivity index (χ1v) is 1.99. The lowest BCUT2D eigenvalue weighted by Crippen LogP contribution is -2.34. The summed E-state index contributed by atoms with van der Waals surface area (Å²) in [5.74, 6) is -1.40. The molecule has 0 aromatic carbocycles. The standard InChI is InChI=1S/C3H5F3N2O/c1-7-2(8-9)3(4,5)6/h9H,1H3,(H,7,8). The Morgan fingerprint density at radius 1 is 1.56 bits per heavy atom. The normalized spacial score (nSPS) is 13.6. The molecular formula is C3H5F3N2O. The molecule has 0 radical (unpaired) electrons. The molecule has 0 unspecified atom stereocenters. The summed E-state index contributed by atoms with van der Waals surface area (Å²) in [7, 11) is 1.02. The van der Waals surface area contributed by atoms with E-state index in [4.69, 9.17) is 5.21 Å². The van der Waals surface area contributed by atoms with Gasteiger partial charge in [-0.15, -0.1) is 0 Å². The van der Waals surface area contributed by atoms with Gasteiger partial charge in [-0.05, 0) is 0 Å². The second kappa shape index (κ2) is 2.56. The van der Waals surface area contributed by atoms with Crippen molar-refractivity contribution in [1.29, 1.82) is 0 Å². The Hall–Kier alpha value is -0.940. The fraction of sp³-hybridized carbons (Fsp3) is 0.667. The highest BCUT2D eigenvalue weighted by atomic mass is 19.4. The Balaban J connectivity index is 4.14. The van der Waals surface area contributed by atoms with Crippen molar-refractivity contribution in [3.05, 3.63) is 0 Å². The van der Waals surface area contributed by atoms with Crippen molar-refractivity contribution in [2.24, 2.45) is 5.16 Å². The molecule has 0 aliphatic heterocycles. The zero-order chi connectivity index (χ0) is 7.49. The molecule has 0 heterocycles. The molecule has 0 atom stereocenters. The number of halogens is 3. The number of hydrogen-bond donors (Lipinski definition) is 2. The van der Waals surface area contributed by atoms with Crippen molar-refractivity contribution in [2.45, 2.75) is 6.18 Å². The molecule has 0 rings (SSSR count). The van der Waals surface area contributed by atoms with Crippen LogP contribution in [0, 0.1) is 0 Å². The number of rotatable bonds is 0. The molecule has 0 spiro atoms. The molecule has 0 aliphatic carbocycles. The Labute approximate surface area is 49.2 Å². The van der Waals surface area contributed by atoms with Gasteiger partial charge in [0.25, 0.3) is 0 Å². The maximum atomic E-state index is 11.4. The molecule has 0 saturated carbocycles. The van der Waals surface area contributed by atoms with Crippen LogP contribution in [-0.2, 0) is 0 Å². The molecule has 54 valence electrons. The molecule has 2 N–H and O–H groups in total. The third kappa shape index (κ3) is 2.20. The van der Waals surface area contributed by atoms with Crippen molar-refractivity contribution < 1.29 is 18.4 Å². The van der Waals surface area contributed by atoms with E-state index in [1.165, 1.54) is 0 Å². The van der Waals surface area contributed by atoms with Gasteiger partial charge in [-0.1, -0.05) is 5.16 Å². The molecule has 0 saturated heterocycles. The van der Waals surface area contributed by atoms with E-state index in [9.17, 15) is 13.2 Å². The second-order valence-corrected chi connectivity index (χ2v) is 1.20. The van der Waals surface area contributed by atoms with E-state index in [2.05, 4.69) is 0 Å². The van der Waals surface area contributed by atoms with Gasteiger partial charge < -0.3 is 10.5 Å². The highest BCUT2D eigenvalue weighted by Crippen LogP contribution is 2.14. The minimum Gasteiger partial charge on any atom is -0.409 e. The Kier molecular flexibility index (Phi) is 2.29. The summed E-state index contributed by atoms with van der Waals surface area (Å²) in [4.78, 5) is 0. The summed E-state index contributed by atoms with van der Waals surface area (Å²) in [6, 6.07) is 0. The zero-order valence-corrected chi connectivity index (χ0v) is 4.53. The second-order valence-electron chi connectivity index (χ2n) is 1.20. The molecule has 0 aromatic heterocycles. The van der Waals surface area contributed by atoms with Gasteiger partial charge in [0.05, 0.1) is 0 Å². The number of hydrogen-bond acceptors (Lipinski definition) is 2. The van der Waals surface area contributed by atoms with Gasteiger partial charge in [0.15, 0.2) is 0 Å². The lowest BCUT2D eigenvalue weighted by atomic mass is 10.6. The van der Waals surface area contributed by atoms with Crippen LogP contribution in [0.2, 0.25) is 0 Å². The van der Waals surface area contributed by atoms with Crippen LogP contribution >= 0.6 is 0 Å². The molecule has 9 heavy (non-hydrogen) atoms. The molecule has 0 fully saturated rings. The van der Waals surface area contributed by atoms with Gasteiger partial charge in [-0.3, -0.25) is 0 Å². The number of nitrogens with zero attached hydrogens (tertiary/aromatic N) is 1. The van der Waals surface area contributed by atoms with Gasteiger partial charge >= 0.3 is 6.18 Å². The lowest BCUT2D eigenvalue weighted by Gasteiger charge is -2.05. The largest absolute Gasteiger partial charge is 0.452 e. The van der Waals surface area contributed by atoms with Crippen LogP contribution in [0.5, 0.6) is 0 Å². The van der Waals surface area contributed by atoms with Crippen molar-refractivity contribution in [2.75, 3.05) is 7.05 Å². The number of amidine groups is 1. The van der Waals surface area contributed by atoms with Crippen molar-refractivity contribution in [3.63, 3.8) is 0 Å². The van der Waals surface area contributed by atoms with Crippen LogP contribution in [0.25, 0.3) is 0 Å². The summed E-state index contributed by atoms with van der Waals surface area (Å²) < 4.78 is 34.1. The molecule has 0 amide bonds. The molecular weight excluding hydrogens is 137 g/mol. The van der Waals surface area contributed by atoms with Gasteiger partial charge in [0.1, 0.15) is 0 Å². The van der Waals surface area contributed by atoms with Crippen LogP contribution in [0.4, 0.5) is 13.2 Å². The minimum atomic E-state index is -4.59. The first-order valence-electron chi connectivity index (χ1n) is 1.99. The highest BCUT2D eigenvalue weighted by Gasteiger charge is 2.35. The summed E-state index contributed by atoms with van der Waals surface area (Å²) in [6.45, 7) is 0. The molecule has 3 nitrogen and oxygen atoms in total. The third-order valence-corrected chi connectivity index (χ3v) is 0.605. The average Bonchev–Trinajstić information content (AvgIpc) is 1.65. The van der Waals surface area contributed by atoms with Crippen molar-refractivity contribution in [3.8, 4) is 0 Å². The van der Waals surface area contributed by atoms with Crippen LogP contribution in [0.3, 0.4) is 0 Å². The summed E-state index contributed by atoms with van der Waals surface area (Å²) in [6.07, 6.45) is -4.59. The molecule has 0 aromatic rings. The number of alkyl halides is 3. The zero-order valence-electron chi connectivity index (χ0n) is 4.53. The minimum absolute atomic E-state index is 1.02. The smallest absolute Gasteiger partial charge is 0.409 e. The molecule has 6 heteroatoms. The van der Waals surface area contributed by atoms with E-state index in [1.807, 2.05) is 5.16 Å². The lowest BCUT2D eigenvalue weighted by molar-refractivity contribution is -0.0637. The Morgan fingerprint density at radius 2 is 2.00 bits per heavy atom. The number of nitrogens with one attached hydrogen (secondary N) is 1. The summed E-state index contributed by atoms with van der Waals surface area (Å²) in [5.41, 5.74) is 0. The van der Waals surface area contributed by atoms with Crippen LogP contribution in [-0.4, -0.2) is 24.3 Å². The quantitative estimate of drug-likeness (QED) is 0.224. The van der Waals surface area contributed by atoms with Crippen molar-refractivity contribution >= 4 is 5.84 Å². The Bertz CT molecular complexity index is 119. The van der Waals surface area contributed by atoms with Gasteiger partial charge in [-0.25, -0.2) is 0 Å². The highest BCUT2D eigenvalue weighted by molar-refractivity contribution is 5.86. The molecule has 0 aliphatic rings. The van der Waals surface area contributed by atoms with Crippen LogP contribution in [0.1, 0.15) is 0 Å². The predicted molar refractivity (Wildman–Crippen MR) is 24.3 cm³/mol. The fourth-order valence-electron chi connectivity index (χ4n) is 0.248. The monoisotopic (exact) mass is 142 g/mol. The maximum Gasteiger partial charge on any atom is 0.452 e. The van der Waals surface area contributed by atoms with Gasteiger partial charge in [0, 0.05) is 7.05 Å². The van der Waals surface area contributed by atoms with Crippen LogP contribution < -0.4 is 5.32 Å². The van der Waals surface area contributed by atoms with E-state index < -0.39 is 12.0 Å². The maximum absolute atomic E-state index is 11.4. The van der Waals surface area contributed by atoms with E-state index >= 15 is 0 Å². The topological polar surface area (TPSA) is 44.6 Å². The summed E-state index contributed by atoms with van der Waals surface area (Å²) >= 11 is 0. The van der Waals surface area contributed by atoms with Gasteiger partial charge in [0.2, 0.25) is 5.84 Å². The van der Waals surface area contributed by atoms with E-state index in [-0.39, 0.29) is 0 Å². The van der Waals surface area contributed by atoms with Crippen molar-refractivity contribution in [1.82, 2.24) is 5.32 Å².